The van der Waals surface area contributed by atoms with Crippen molar-refractivity contribution in [3.63, 3.8) is 0 Å². The van der Waals surface area contributed by atoms with E-state index in [4.69, 9.17) is 4.74 Å². The van der Waals surface area contributed by atoms with Crippen molar-refractivity contribution in [1.82, 2.24) is 24.9 Å². The van der Waals surface area contributed by atoms with E-state index in [0.29, 0.717) is 23.1 Å². The van der Waals surface area contributed by atoms with Gasteiger partial charge in [-0.05, 0) is 71.4 Å². The van der Waals surface area contributed by atoms with Crippen LogP contribution in [0.25, 0.3) is 16.6 Å². The molecule has 1 atom stereocenters. The minimum atomic E-state index is -0.793. The molecule has 0 bridgehead atoms. The van der Waals surface area contributed by atoms with Crippen LogP contribution in [-0.2, 0) is 11.3 Å². The zero-order valence-corrected chi connectivity index (χ0v) is 21.0. The number of nitrogens with one attached hydrogen (secondary N) is 1. The predicted molar refractivity (Wildman–Crippen MR) is 136 cm³/mol. The second-order valence-electron chi connectivity index (χ2n) is 9.10. The average molecular weight is 474 g/mol. The lowest BCUT2D eigenvalue weighted by molar-refractivity contribution is -0.124. The van der Waals surface area contributed by atoms with Crippen LogP contribution in [0.15, 0.2) is 53.3 Å². The fraction of sp³-hybridized carbons (Fsp3) is 0.333. The molecule has 4 aromatic rings. The summed E-state index contributed by atoms with van der Waals surface area (Å²) in [5.41, 5.74) is 4.33. The van der Waals surface area contributed by atoms with E-state index >= 15 is 0 Å². The molecule has 2 heterocycles. The van der Waals surface area contributed by atoms with Crippen molar-refractivity contribution in [2.45, 2.75) is 60.2 Å². The zero-order valence-electron chi connectivity index (χ0n) is 21.0. The molecule has 182 valence electrons. The number of amides is 1. The Labute approximate surface area is 204 Å². The topological polar surface area (TPSA) is 91.0 Å². The molecule has 0 aliphatic carbocycles. The first kappa shape index (κ1) is 24.2. The molecule has 2 aromatic carbocycles. The van der Waals surface area contributed by atoms with E-state index in [1.807, 2.05) is 83.1 Å². The minimum Gasteiger partial charge on any atom is -0.491 e. The van der Waals surface area contributed by atoms with Crippen LogP contribution in [0.3, 0.4) is 0 Å². The molecule has 2 aromatic heterocycles. The number of ether oxygens (including phenoxy) is 1. The maximum atomic E-state index is 13.3. The van der Waals surface area contributed by atoms with Gasteiger partial charge in [-0.25, -0.2) is 9.36 Å². The van der Waals surface area contributed by atoms with Crippen LogP contribution in [-0.4, -0.2) is 31.6 Å². The average Bonchev–Trinajstić information content (AvgIpc) is 3.18. The highest BCUT2D eigenvalue weighted by molar-refractivity contribution is 5.84. The lowest BCUT2D eigenvalue weighted by Crippen LogP contribution is -2.37. The second kappa shape index (κ2) is 9.74. The maximum Gasteiger partial charge on any atom is 0.295 e. The monoisotopic (exact) mass is 473 g/mol. The Bertz CT molecular complexity index is 1420. The number of hydrogen-bond acceptors (Lipinski definition) is 5. The number of nitrogens with zero attached hydrogens (tertiary/aromatic N) is 4. The van der Waals surface area contributed by atoms with Crippen LogP contribution in [0, 0.1) is 20.8 Å². The largest absolute Gasteiger partial charge is 0.491 e. The van der Waals surface area contributed by atoms with Gasteiger partial charge in [-0.1, -0.05) is 29.8 Å². The quantitative estimate of drug-likeness (QED) is 0.435. The summed E-state index contributed by atoms with van der Waals surface area (Å²) in [5.74, 6) is 0.485. The van der Waals surface area contributed by atoms with E-state index < -0.39 is 11.6 Å². The summed E-state index contributed by atoms with van der Waals surface area (Å²) >= 11 is 0. The van der Waals surface area contributed by atoms with E-state index in [2.05, 4.69) is 15.5 Å². The highest BCUT2D eigenvalue weighted by Crippen LogP contribution is 2.22. The van der Waals surface area contributed by atoms with Gasteiger partial charge in [0, 0.05) is 6.54 Å². The van der Waals surface area contributed by atoms with E-state index in [1.54, 1.807) is 11.6 Å². The number of carbonyl (C=O) groups is 1. The van der Waals surface area contributed by atoms with Crippen LogP contribution in [0.2, 0.25) is 0 Å². The predicted octanol–water partition coefficient (Wildman–Crippen LogP) is 4.17. The van der Waals surface area contributed by atoms with Crippen molar-refractivity contribution in [3.8, 4) is 11.4 Å². The summed E-state index contributed by atoms with van der Waals surface area (Å²) in [6, 6.07) is 14.7. The Morgan fingerprint density at radius 2 is 1.63 bits per heavy atom. The summed E-state index contributed by atoms with van der Waals surface area (Å²) in [6.07, 6.45) is 0.0973. The molecule has 1 amide bonds. The van der Waals surface area contributed by atoms with Crippen molar-refractivity contribution in [1.29, 1.82) is 0 Å². The fourth-order valence-electron chi connectivity index (χ4n) is 4.06. The van der Waals surface area contributed by atoms with E-state index in [1.165, 1.54) is 4.68 Å². The molecule has 1 N–H and O–H groups in total. The SMILES string of the molecule is Cc1ccc(-n2nc3c(=O)n(C(C)C(=O)NCc4ccc(OC(C)C)cc4)nc(C)c3c2C)cc1. The van der Waals surface area contributed by atoms with Crippen LogP contribution in [0.4, 0.5) is 0 Å². The normalized spacial score (nSPS) is 12.2. The molecule has 0 aliphatic heterocycles. The van der Waals surface area contributed by atoms with Crippen molar-refractivity contribution in [3.05, 3.63) is 81.4 Å². The molecule has 1 unspecified atom stereocenters. The van der Waals surface area contributed by atoms with Gasteiger partial charge in [0.25, 0.3) is 5.56 Å². The fourth-order valence-corrected chi connectivity index (χ4v) is 4.06. The molecule has 8 heteroatoms. The molecule has 0 fully saturated rings. The summed E-state index contributed by atoms with van der Waals surface area (Å²) in [5, 5.41) is 12.7. The maximum absolute atomic E-state index is 13.3. The van der Waals surface area contributed by atoms with Gasteiger partial charge in [-0.2, -0.15) is 10.2 Å². The second-order valence-corrected chi connectivity index (χ2v) is 9.10. The number of aryl methyl sites for hydroxylation is 3. The van der Waals surface area contributed by atoms with Crippen LogP contribution < -0.4 is 15.6 Å². The van der Waals surface area contributed by atoms with E-state index in [-0.39, 0.29) is 12.0 Å². The number of hydrogen-bond donors (Lipinski definition) is 1. The smallest absolute Gasteiger partial charge is 0.295 e. The third-order valence-corrected chi connectivity index (χ3v) is 5.93. The first-order chi connectivity index (χ1) is 16.7. The Morgan fingerprint density at radius 1 is 0.971 bits per heavy atom. The van der Waals surface area contributed by atoms with E-state index in [9.17, 15) is 9.59 Å². The van der Waals surface area contributed by atoms with Crippen molar-refractivity contribution in [2.24, 2.45) is 0 Å². The molecule has 4 rings (SSSR count). The minimum absolute atomic E-state index is 0.0973. The Kier molecular flexibility index (Phi) is 6.73. The molecule has 8 nitrogen and oxygen atoms in total. The van der Waals surface area contributed by atoms with Crippen LogP contribution in [0.5, 0.6) is 5.75 Å². The summed E-state index contributed by atoms with van der Waals surface area (Å²) in [4.78, 5) is 26.2. The highest BCUT2D eigenvalue weighted by atomic mass is 16.5. The molecular weight excluding hydrogens is 442 g/mol. The van der Waals surface area contributed by atoms with Crippen LogP contribution in [0.1, 0.15) is 49.3 Å². The lowest BCUT2D eigenvalue weighted by atomic mass is 10.2. The Morgan fingerprint density at radius 3 is 2.26 bits per heavy atom. The lowest BCUT2D eigenvalue weighted by Gasteiger charge is -2.15. The Hall–Kier alpha value is -3.94. The molecule has 0 saturated heterocycles. The molecule has 0 aliphatic rings. The summed E-state index contributed by atoms with van der Waals surface area (Å²) < 4.78 is 8.63. The number of rotatable bonds is 7. The van der Waals surface area contributed by atoms with Gasteiger partial charge in [-0.15, -0.1) is 0 Å². The van der Waals surface area contributed by atoms with Gasteiger partial charge in [0.15, 0.2) is 5.52 Å². The van der Waals surface area contributed by atoms with Gasteiger partial charge < -0.3 is 10.1 Å². The van der Waals surface area contributed by atoms with Crippen LogP contribution >= 0.6 is 0 Å². The Balaban J connectivity index is 1.57. The first-order valence-corrected chi connectivity index (χ1v) is 11.7. The number of benzene rings is 2. The van der Waals surface area contributed by atoms with Crippen molar-refractivity contribution >= 4 is 16.8 Å². The van der Waals surface area contributed by atoms with Gasteiger partial charge in [0.2, 0.25) is 5.91 Å². The van der Waals surface area contributed by atoms with E-state index in [0.717, 1.165) is 28.3 Å². The molecule has 35 heavy (non-hydrogen) atoms. The molecular formula is C27H31N5O3. The van der Waals surface area contributed by atoms with Gasteiger partial charge >= 0.3 is 0 Å². The third-order valence-electron chi connectivity index (χ3n) is 5.93. The zero-order chi connectivity index (χ0) is 25.3. The molecule has 0 spiro atoms. The standard InChI is InChI=1S/C27H31N5O3/c1-16(2)35-23-13-9-21(10-14-23)15-28-26(33)20(6)32-27(34)25-24(18(4)29-32)19(5)31(30-25)22-11-7-17(3)8-12-22/h7-14,16,20H,15H2,1-6H3,(H,28,33). The van der Waals surface area contributed by atoms with Crippen molar-refractivity contribution < 1.29 is 9.53 Å². The molecule has 0 radical (unpaired) electrons. The summed E-state index contributed by atoms with van der Waals surface area (Å²) in [6.45, 7) is 11.7. The van der Waals surface area contributed by atoms with Crippen molar-refractivity contribution in [2.75, 3.05) is 0 Å². The summed E-state index contributed by atoms with van der Waals surface area (Å²) in [7, 11) is 0. The number of aromatic nitrogens is 4. The van der Waals surface area contributed by atoms with Gasteiger partial charge in [0.1, 0.15) is 11.8 Å². The first-order valence-electron chi connectivity index (χ1n) is 11.7. The number of carbonyl (C=O) groups excluding carboxylic acids is 1. The highest BCUT2D eigenvalue weighted by Gasteiger charge is 2.23. The van der Waals surface area contributed by atoms with Gasteiger partial charge in [0.05, 0.1) is 28.6 Å². The third kappa shape index (κ3) is 4.96. The van der Waals surface area contributed by atoms with Gasteiger partial charge in [-0.3, -0.25) is 9.59 Å². The molecule has 0 saturated carbocycles. The number of fused-ring (bicyclic) bond motifs is 1.